The van der Waals surface area contributed by atoms with Crippen molar-refractivity contribution in [2.75, 3.05) is 65.9 Å². The van der Waals surface area contributed by atoms with Crippen molar-refractivity contribution in [3.63, 3.8) is 0 Å². The maximum Gasteiger partial charge on any atom is 0.407 e. The summed E-state index contributed by atoms with van der Waals surface area (Å²) < 4.78 is 95.7. The van der Waals surface area contributed by atoms with Gasteiger partial charge < -0.3 is 39.1 Å². The van der Waals surface area contributed by atoms with Gasteiger partial charge in [-0.2, -0.15) is 8.78 Å². The van der Waals surface area contributed by atoms with Gasteiger partial charge >= 0.3 is 12.1 Å². The minimum absolute atomic E-state index is 0.0394. The van der Waals surface area contributed by atoms with Crippen LogP contribution < -0.4 is 15.4 Å². The van der Waals surface area contributed by atoms with Gasteiger partial charge in [0.1, 0.15) is 18.8 Å². The fraction of sp³-hybridized carbons (Fsp3) is 0.609. The van der Waals surface area contributed by atoms with E-state index in [1.54, 1.807) is 20.8 Å². The molecule has 0 aromatic heterocycles. The maximum absolute atomic E-state index is 13.5. The molecule has 0 fully saturated rings. The van der Waals surface area contributed by atoms with Crippen LogP contribution in [0.4, 0.5) is 26.7 Å². The van der Waals surface area contributed by atoms with Crippen molar-refractivity contribution >= 4 is 18.0 Å². The Morgan fingerprint density at radius 2 is 1.10 bits per heavy atom. The predicted molar refractivity (Wildman–Crippen MR) is 122 cm³/mol. The smallest absolute Gasteiger partial charge is 0.407 e. The number of hydrogen-bond acceptors (Lipinski definition) is 9. The highest BCUT2D eigenvalue weighted by Crippen LogP contribution is 2.29. The monoisotopic (exact) mass is 574 g/mol. The third kappa shape index (κ3) is 14.0. The lowest BCUT2D eigenvalue weighted by molar-refractivity contribution is -0.140. The van der Waals surface area contributed by atoms with E-state index in [9.17, 15) is 36.3 Å². The average molecular weight is 574 g/mol. The molecule has 0 aliphatic carbocycles. The highest BCUT2D eigenvalue weighted by molar-refractivity contribution is 5.77. The zero-order valence-electron chi connectivity index (χ0n) is 21.6. The molecule has 0 aliphatic heterocycles. The molecule has 0 atom stereocenters. The Kier molecular flexibility index (Phi) is 15.2. The second-order valence-electron chi connectivity index (χ2n) is 8.48. The van der Waals surface area contributed by atoms with Crippen LogP contribution in [0.15, 0.2) is 0 Å². The summed E-state index contributed by atoms with van der Waals surface area (Å²) in [6.45, 7) is 5.04. The maximum atomic E-state index is 13.5. The van der Waals surface area contributed by atoms with Crippen LogP contribution in [0, 0.1) is 29.1 Å². The van der Waals surface area contributed by atoms with Gasteiger partial charge in [-0.15, -0.1) is 0 Å². The van der Waals surface area contributed by atoms with Gasteiger partial charge in [-0.1, -0.05) is 0 Å². The SMILES string of the molecule is CC(C)(C)OC(=O)NCCOCCOCC(=O)NCCOCCOCC(=O)Oc1c(F)c(F)c(F)c(F)c1F. The van der Waals surface area contributed by atoms with E-state index < -0.39 is 65.0 Å². The van der Waals surface area contributed by atoms with E-state index in [1.807, 2.05) is 0 Å². The molecule has 1 aromatic rings. The molecule has 39 heavy (non-hydrogen) atoms. The Bertz CT molecular complexity index is 932. The first-order valence-electron chi connectivity index (χ1n) is 11.6. The summed E-state index contributed by atoms with van der Waals surface area (Å²) in [4.78, 5) is 34.6. The molecular formula is C23H31F5N2O9. The van der Waals surface area contributed by atoms with Crippen LogP contribution in [-0.4, -0.2) is 89.5 Å². The van der Waals surface area contributed by atoms with Crippen molar-refractivity contribution in [2.45, 2.75) is 26.4 Å². The first-order chi connectivity index (χ1) is 18.3. The Labute approximate surface area is 221 Å². The highest BCUT2D eigenvalue weighted by Gasteiger charge is 2.28. The van der Waals surface area contributed by atoms with Gasteiger partial charge in [0.05, 0.1) is 39.6 Å². The van der Waals surface area contributed by atoms with E-state index in [1.165, 1.54) is 0 Å². The van der Waals surface area contributed by atoms with Crippen molar-refractivity contribution < 1.29 is 64.8 Å². The highest BCUT2D eigenvalue weighted by atomic mass is 19.2. The molecule has 2 N–H and O–H groups in total. The van der Waals surface area contributed by atoms with Gasteiger partial charge in [0.25, 0.3) is 0 Å². The molecule has 0 unspecified atom stereocenters. The van der Waals surface area contributed by atoms with Crippen molar-refractivity contribution in [1.82, 2.24) is 10.6 Å². The average Bonchev–Trinajstić information content (AvgIpc) is 2.86. The molecule has 16 heteroatoms. The minimum atomic E-state index is -2.38. The first-order valence-corrected chi connectivity index (χ1v) is 11.6. The summed E-state index contributed by atoms with van der Waals surface area (Å²) in [6, 6.07) is 0. The van der Waals surface area contributed by atoms with E-state index in [-0.39, 0.29) is 59.3 Å². The van der Waals surface area contributed by atoms with Crippen LogP contribution in [0.5, 0.6) is 5.75 Å². The fourth-order valence-electron chi connectivity index (χ4n) is 2.43. The van der Waals surface area contributed by atoms with Crippen LogP contribution in [-0.2, 0) is 33.3 Å². The molecule has 0 radical (unpaired) electrons. The van der Waals surface area contributed by atoms with E-state index >= 15 is 0 Å². The van der Waals surface area contributed by atoms with Crippen LogP contribution in [0.25, 0.3) is 0 Å². The molecule has 0 aliphatic rings. The Morgan fingerprint density at radius 1 is 0.641 bits per heavy atom. The molecule has 2 amide bonds. The lowest BCUT2D eigenvalue weighted by Crippen LogP contribution is -2.34. The predicted octanol–water partition coefficient (Wildman–Crippen LogP) is 1.99. The Balaban J connectivity index is 2.00. The van der Waals surface area contributed by atoms with Crippen LogP contribution in [0.3, 0.4) is 0 Å². The number of rotatable bonds is 17. The van der Waals surface area contributed by atoms with Gasteiger partial charge in [0, 0.05) is 13.1 Å². The normalized spacial score (nSPS) is 11.3. The molecule has 0 saturated heterocycles. The molecule has 1 aromatic carbocycles. The van der Waals surface area contributed by atoms with E-state index in [0.29, 0.717) is 0 Å². The van der Waals surface area contributed by atoms with E-state index in [0.717, 1.165) is 0 Å². The first kappa shape index (κ1) is 33.9. The van der Waals surface area contributed by atoms with Gasteiger partial charge in [-0.05, 0) is 20.8 Å². The zero-order valence-corrected chi connectivity index (χ0v) is 21.6. The van der Waals surface area contributed by atoms with Gasteiger partial charge in [-0.25, -0.2) is 22.8 Å². The molecule has 0 spiro atoms. The second kappa shape index (κ2) is 17.5. The number of benzene rings is 1. The number of halogens is 5. The van der Waals surface area contributed by atoms with Crippen molar-refractivity contribution in [3.05, 3.63) is 29.1 Å². The summed E-state index contributed by atoms with van der Waals surface area (Å²) in [5.74, 6) is -15.0. The van der Waals surface area contributed by atoms with Gasteiger partial charge in [-0.3, -0.25) is 4.79 Å². The van der Waals surface area contributed by atoms with E-state index in [4.69, 9.17) is 23.7 Å². The lowest BCUT2D eigenvalue weighted by atomic mass is 10.2. The van der Waals surface area contributed by atoms with Gasteiger partial charge in [0.15, 0.2) is 0 Å². The fourth-order valence-corrected chi connectivity index (χ4v) is 2.43. The third-order valence-electron chi connectivity index (χ3n) is 4.07. The number of carbonyl (C=O) groups excluding carboxylic acids is 3. The summed E-state index contributed by atoms with van der Waals surface area (Å²) in [6.07, 6.45) is -0.549. The summed E-state index contributed by atoms with van der Waals surface area (Å²) in [5, 5.41) is 5.05. The number of alkyl carbamates (subject to hydrolysis) is 1. The van der Waals surface area contributed by atoms with Crippen molar-refractivity contribution in [2.24, 2.45) is 0 Å². The Morgan fingerprint density at radius 3 is 1.64 bits per heavy atom. The topological polar surface area (TPSA) is 131 Å². The molecule has 11 nitrogen and oxygen atoms in total. The van der Waals surface area contributed by atoms with Crippen LogP contribution in [0.1, 0.15) is 20.8 Å². The number of hydrogen-bond donors (Lipinski definition) is 2. The molecule has 0 heterocycles. The number of nitrogens with one attached hydrogen (secondary N) is 2. The quantitative estimate of drug-likeness (QED) is 0.0717. The minimum Gasteiger partial charge on any atom is -0.444 e. The largest absolute Gasteiger partial charge is 0.444 e. The lowest BCUT2D eigenvalue weighted by Gasteiger charge is -2.19. The number of ether oxygens (including phenoxy) is 6. The Hall–Kier alpha value is -3.08. The number of carbonyl (C=O) groups is 3. The van der Waals surface area contributed by atoms with Gasteiger partial charge in [0.2, 0.25) is 40.7 Å². The second-order valence-corrected chi connectivity index (χ2v) is 8.48. The van der Waals surface area contributed by atoms with Crippen LogP contribution in [0.2, 0.25) is 0 Å². The molecule has 0 bridgehead atoms. The van der Waals surface area contributed by atoms with E-state index in [2.05, 4.69) is 15.4 Å². The van der Waals surface area contributed by atoms with Crippen LogP contribution >= 0.6 is 0 Å². The summed E-state index contributed by atoms with van der Waals surface area (Å²) in [5.41, 5.74) is -0.590. The molecule has 0 saturated carbocycles. The molecule has 1 rings (SSSR count). The summed E-state index contributed by atoms with van der Waals surface area (Å²) >= 11 is 0. The number of esters is 1. The molecule has 222 valence electrons. The third-order valence-corrected chi connectivity index (χ3v) is 4.07. The molecular weight excluding hydrogens is 543 g/mol. The summed E-state index contributed by atoms with van der Waals surface area (Å²) in [7, 11) is 0. The van der Waals surface area contributed by atoms with Crippen molar-refractivity contribution in [3.8, 4) is 5.75 Å². The number of amides is 2. The zero-order chi connectivity index (χ0) is 29.4. The van der Waals surface area contributed by atoms with Crippen molar-refractivity contribution in [1.29, 1.82) is 0 Å². The standard InChI is InChI=1S/C23H31F5N2O9/c1-23(2,3)39-22(33)30-5-7-35-8-10-36-12-14(31)29-4-6-34-9-11-37-13-15(32)38-21-19(27)17(25)16(24)18(26)20(21)28/h4-13H2,1-3H3,(H,29,31)(H,30,33).